The fourth-order valence-electron chi connectivity index (χ4n) is 3.80. The molecular weight excluding hydrogens is 360 g/mol. The first-order valence-corrected chi connectivity index (χ1v) is 9.37. The molecule has 0 unspecified atom stereocenters. The van der Waals surface area contributed by atoms with Crippen molar-refractivity contribution in [2.24, 2.45) is 0 Å². The van der Waals surface area contributed by atoms with Gasteiger partial charge < -0.3 is 18.3 Å². The monoisotopic (exact) mass is 382 g/mol. The molecule has 0 radical (unpaired) electrons. The van der Waals surface area contributed by atoms with Crippen LogP contribution in [0.2, 0.25) is 0 Å². The van der Waals surface area contributed by atoms with Crippen LogP contribution in [0.5, 0.6) is 5.75 Å². The lowest BCUT2D eigenvalue weighted by atomic mass is 9.90. The molecule has 1 aliphatic rings. The van der Waals surface area contributed by atoms with E-state index in [9.17, 15) is 9.59 Å². The third-order valence-corrected chi connectivity index (χ3v) is 5.22. The Morgan fingerprint density at radius 2 is 1.82 bits per heavy atom. The van der Waals surface area contributed by atoms with Gasteiger partial charge in [0.15, 0.2) is 0 Å². The number of fused-ring (bicyclic) bond motifs is 3. The molecule has 6 nitrogen and oxygen atoms in total. The van der Waals surface area contributed by atoms with Crippen LogP contribution >= 0.6 is 0 Å². The van der Waals surface area contributed by atoms with Crippen LogP contribution in [0.1, 0.15) is 51.4 Å². The first-order valence-electron chi connectivity index (χ1n) is 9.37. The maximum absolute atomic E-state index is 12.4. The minimum Gasteiger partial charge on any atom is -0.488 e. The Balaban J connectivity index is 1.74. The van der Waals surface area contributed by atoms with Crippen molar-refractivity contribution in [3.8, 4) is 5.75 Å². The van der Waals surface area contributed by atoms with Crippen molar-refractivity contribution in [1.29, 1.82) is 0 Å². The van der Waals surface area contributed by atoms with Crippen LogP contribution in [0.3, 0.4) is 0 Å². The highest BCUT2D eigenvalue weighted by Crippen LogP contribution is 2.35. The summed E-state index contributed by atoms with van der Waals surface area (Å²) in [6.45, 7) is 3.95. The highest BCUT2D eigenvalue weighted by atomic mass is 16.5. The van der Waals surface area contributed by atoms with Gasteiger partial charge in [-0.1, -0.05) is 0 Å². The number of rotatable bonds is 4. The van der Waals surface area contributed by atoms with Gasteiger partial charge in [-0.2, -0.15) is 0 Å². The van der Waals surface area contributed by atoms with E-state index < -0.39 is 5.97 Å². The number of furan rings is 1. The molecule has 0 fully saturated rings. The summed E-state index contributed by atoms with van der Waals surface area (Å²) in [6.07, 6.45) is 3.62. The fraction of sp³-hybridized carbons (Fsp3) is 0.364. The van der Waals surface area contributed by atoms with Crippen molar-refractivity contribution in [1.82, 2.24) is 0 Å². The van der Waals surface area contributed by atoms with E-state index in [0.29, 0.717) is 17.1 Å². The van der Waals surface area contributed by atoms with Crippen molar-refractivity contribution in [3.63, 3.8) is 0 Å². The van der Waals surface area contributed by atoms with Crippen LogP contribution < -0.4 is 10.4 Å². The van der Waals surface area contributed by atoms with Crippen molar-refractivity contribution < 1.29 is 23.1 Å². The third kappa shape index (κ3) is 3.19. The molecule has 28 heavy (non-hydrogen) atoms. The SMILES string of the molecule is COC(=O)c1cc(COc2cc(C)cc3oc(=O)c4c(c23)CCCC4)c(C)o1. The predicted octanol–water partition coefficient (Wildman–Crippen LogP) is 4.25. The summed E-state index contributed by atoms with van der Waals surface area (Å²) in [7, 11) is 1.31. The standard InChI is InChI=1S/C22H22O6/c1-12-8-17(26-11-14-10-19(22(24)25-3)27-13(14)2)20-15-6-4-5-7-16(15)21(23)28-18(20)9-12/h8-10H,4-7,11H2,1-3H3. The molecule has 0 atom stereocenters. The summed E-state index contributed by atoms with van der Waals surface area (Å²) in [5.74, 6) is 0.908. The Bertz CT molecular complexity index is 1120. The Morgan fingerprint density at radius 3 is 2.57 bits per heavy atom. The number of hydrogen-bond acceptors (Lipinski definition) is 6. The number of esters is 1. The maximum atomic E-state index is 12.4. The van der Waals surface area contributed by atoms with E-state index in [1.54, 1.807) is 13.0 Å². The number of carbonyl (C=O) groups excluding carboxylic acids is 1. The number of ether oxygens (including phenoxy) is 2. The lowest BCUT2D eigenvalue weighted by molar-refractivity contribution is 0.0563. The van der Waals surface area contributed by atoms with Crippen LogP contribution in [0.25, 0.3) is 11.0 Å². The molecule has 0 bridgehead atoms. The molecule has 6 heteroatoms. The van der Waals surface area contributed by atoms with Crippen molar-refractivity contribution in [3.05, 3.63) is 62.4 Å². The lowest BCUT2D eigenvalue weighted by Crippen LogP contribution is -2.16. The average Bonchev–Trinajstić information content (AvgIpc) is 3.06. The minimum atomic E-state index is -0.522. The van der Waals surface area contributed by atoms with Crippen LogP contribution in [-0.2, 0) is 24.2 Å². The van der Waals surface area contributed by atoms with Gasteiger partial charge in [-0.15, -0.1) is 0 Å². The Morgan fingerprint density at radius 1 is 1.07 bits per heavy atom. The number of hydrogen-bond donors (Lipinski definition) is 0. The molecule has 2 heterocycles. The van der Waals surface area contributed by atoms with Crippen molar-refractivity contribution in [2.45, 2.75) is 46.1 Å². The first-order chi connectivity index (χ1) is 13.5. The third-order valence-electron chi connectivity index (χ3n) is 5.22. The second kappa shape index (κ2) is 7.19. The number of aryl methyl sites for hydroxylation is 3. The Labute approximate surface area is 162 Å². The molecule has 1 aliphatic carbocycles. The number of benzene rings is 1. The summed E-state index contributed by atoms with van der Waals surface area (Å²) in [5, 5.41) is 0.870. The summed E-state index contributed by atoms with van der Waals surface area (Å²) in [6, 6.07) is 5.46. The molecule has 146 valence electrons. The second-order valence-corrected chi connectivity index (χ2v) is 7.16. The maximum Gasteiger partial charge on any atom is 0.373 e. The van der Waals surface area contributed by atoms with Gasteiger partial charge in [0.25, 0.3) is 0 Å². The van der Waals surface area contributed by atoms with Crippen LogP contribution in [-0.4, -0.2) is 13.1 Å². The smallest absolute Gasteiger partial charge is 0.373 e. The van der Waals surface area contributed by atoms with Crippen LogP contribution in [0, 0.1) is 13.8 Å². The molecule has 0 aliphatic heterocycles. The van der Waals surface area contributed by atoms with E-state index in [4.69, 9.17) is 18.3 Å². The van der Waals surface area contributed by atoms with Crippen molar-refractivity contribution >= 4 is 16.9 Å². The van der Waals surface area contributed by atoms with Crippen LogP contribution in [0.4, 0.5) is 0 Å². The van der Waals surface area contributed by atoms with E-state index in [1.807, 2.05) is 19.1 Å². The van der Waals surface area contributed by atoms with E-state index in [1.165, 1.54) is 7.11 Å². The molecule has 0 N–H and O–H groups in total. The normalized spacial score (nSPS) is 13.4. The van der Waals surface area contributed by atoms with Gasteiger partial charge in [-0.3, -0.25) is 0 Å². The zero-order valence-electron chi connectivity index (χ0n) is 16.2. The summed E-state index contributed by atoms with van der Waals surface area (Å²) >= 11 is 0. The van der Waals surface area contributed by atoms with Crippen LogP contribution in [0.15, 0.2) is 31.8 Å². The number of carbonyl (C=O) groups is 1. The minimum absolute atomic E-state index is 0.149. The first kappa shape index (κ1) is 18.3. The highest BCUT2D eigenvalue weighted by molar-refractivity contribution is 5.89. The number of methoxy groups -OCH3 is 1. The van der Waals surface area contributed by atoms with E-state index in [0.717, 1.165) is 53.3 Å². The van der Waals surface area contributed by atoms with E-state index in [2.05, 4.69) is 0 Å². The second-order valence-electron chi connectivity index (χ2n) is 7.16. The van der Waals surface area contributed by atoms with Gasteiger partial charge in [-0.05, 0) is 68.9 Å². The summed E-state index contributed by atoms with van der Waals surface area (Å²) < 4.78 is 21.9. The van der Waals surface area contributed by atoms with Crippen molar-refractivity contribution in [2.75, 3.05) is 7.11 Å². The molecule has 1 aromatic carbocycles. The molecule has 0 saturated carbocycles. The zero-order chi connectivity index (χ0) is 19.8. The largest absolute Gasteiger partial charge is 0.488 e. The predicted molar refractivity (Wildman–Crippen MR) is 103 cm³/mol. The summed E-state index contributed by atoms with van der Waals surface area (Å²) in [5.41, 5.74) is 3.82. The summed E-state index contributed by atoms with van der Waals surface area (Å²) in [4.78, 5) is 24.0. The van der Waals surface area contributed by atoms with Gasteiger partial charge in [0.1, 0.15) is 23.7 Å². The average molecular weight is 382 g/mol. The highest BCUT2D eigenvalue weighted by Gasteiger charge is 2.22. The van der Waals surface area contributed by atoms with Gasteiger partial charge in [-0.25, -0.2) is 9.59 Å². The quantitative estimate of drug-likeness (QED) is 0.496. The van der Waals surface area contributed by atoms with Gasteiger partial charge in [0.2, 0.25) is 5.76 Å². The molecule has 0 amide bonds. The van der Waals surface area contributed by atoms with E-state index in [-0.39, 0.29) is 18.0 Å². The topological polar surface area (TPSA) is 78.9 Å². The molecule has 0 saturated heterocycles. The van der Waals surface area contributed by atoms with Gasteiger partial charge >= 0.3 is 11.6 Å². The van der Waals surface area contributed by atoms with Gasteiger partial charge in [0, 0.05) is 11.1 Å². The Kier molecular flexibility index (Phi) is 4.71. The molecule has 3 aromatic rings. The Hall–Kier alpha value is -3.02. The molecule has 4 rings (SSSR count). The molecule has 2 aromatic heterocycles. The van der Waals surface area contributed by atoms with E-state index >= 15 is 0 Å². The van der Waals surface area contributed by atoms with Gasteiger partial charge in [0.05, 0.1) is 12.5 Å². The molecule has 0 spiro atoms. The molecular formula is C22H22O6. The fourth-order valence-corrected chi connectivity index (χ4v) is 3.80. The zero-order valence-corrected chi connectivity index (χ0v) is 16.2. The lowest BCUT2D eigenvalue weighted by Gasteiger charge is -2.19.